The van der Waals surface area contributed by atoms with Crippen LogP contribution in [-0.4, -0.2) is 13.1 Å². The first-order valence-electron chi connectivity index (χ1n) is 6.05. The second-order valence-corrected chi connectivity index (χ2v) is 5.31. The van der Waals surface area contributed by atoms with Crippen LogP contribution in [0.4, 0.5) is 4.39 Å². The highest BCUT2D eigenvalue weighted by Crippen LogP contribution is 2.36. The number of nitrogens with one attached hydrogen (secondary N) is 1. The zero-order valence-electron chi connectivity index (χ0n) is 10.1. The number of benzene rings is 1. The van der Waals surface area contributed by atoms with Gasteiger partial charge < -0.3 is 5.32 Å². The van der Waals surface area contributed by atoms with E-state index in [2.05, 4.69) is 19.2 Å². The third-order valence-corrected chi connectivity index (χ3v) is 4.03. The zero-order chi connectivity index (χ0) is 11.6. The van der Waals surface area contributed by atoms with E-state index < -0.39 is 0 Å². The van der Waals surface area contributed by atoms with Crippen molar-refractivity contribution in [3.63, 3.8) is 0 Å². The summed E-state index contributed by atoms with van der Waals surface area (Å²) in [6.07, 6.45) is 2.25. The minimum absolute atomic E-state index is 0.146. The van der Waals surface area contributed by atoms with Crippen LogP contribution in [0, 0.1) is 17.2 Å². The highest BCUT2D eigenvalue weighted by Gasteiger charge is 2.33. The smallest absolute Gasteiger partial charge is 0.123 e. The Labute approximate surface area is 97.1 Å². The molecule has 2 unspecified atom stereocenters. The second kappa shape index (κ2) is 4.54. The number of hydrogen-bond donors (Lipinski definition) is 1. The lowest BCUT2D eigenvalue weighted by atomic mass is 9.69. The molecule has 2 rings (SSSR count). The van der Waals surface area contributed by atoms with Crippen molar-refractivity contribution in [3.8, 4) is 0 Å². The predicted molar refractivity (Wildman–Crippen MR) is 64.9 cm³/mol. The monoisotopic (exact) mass is 221 g/mol. The quantitative estimate of drug-likeness (QED) is 0.809. The minimum Gasteiger partial charge on any atom is -0.316 e. The van der Waals surface area contributed by atoms with Crippen molar-refractivity contribution in [3.05, 3.63) is 35.6 Å². The van der Waals surface area contributed by atoms with Gasteiger partial charge in [-0.3, -0.25) is 0 Å². The van der Waals surface area contributed by atoms with Crippen molar-refractivity contribution in [1.82, 2.24) is 5.32 Å². The maximum Gasteiger partial charge on any atom is 0.123 e. The first-order valence-corrected chi connectivity index (χ1v) is 6.05. The Morgan fingerprint density at radius 3 is 2.69 bits per heavy atom. The van der Waals surface area contributed by atoms with Gasteiger partial charge in [0.1, 0.15) is 5.82 Å². The number of hydrogen-bond acceptors (Lipinski definition) is 1. The summed E-state index contributed by atoms with van der Waals surface area (Å²) in [6, 6.07) is 6.94. The summed E-state index contributed by atoms with van der Waals surface area (Å²) in [5.74, 6) is 0.526. The molecule has 0 amide bonds. The van der Waals surface area contributed by atoms with Crippen LogP contribution in [0.3, 0.4) is 0 Å². The summed E-state index contributed by atoms with van der Waals surface area (Å²) in [5, 5.41) is 3.42. The Hall–Kier alpha value is -0.890. The maximum atomic E-state index is 12.8. The van der Waals surface area contributed by atoms with Gasteiger partial charge in [0, 0.05) is 0 Å². The van der Waals surface area contributed by atoms with E-state index in [0.717, 1.165) is 19.5 Å². The molecule has 1 nitrogen and oxygen atoms in total. The van der Waals surface area contributed by atoms with Gasteiger partial charge in [0.25, 0.3) is 0 Å². The van der Waals surface area contributed by atoms with E-state index in [1.807, 2.05) is 12.1 Å². The molecule has 0 aliphatic carbocycles. The van der Waals surface area contributed by atoms with Crippen LogP contribution in [0.15, 0.2) is 24.3 Å². The van der Waals surface area contributed by atoms with Crippen LogP contribution in [0.25, 0.3) is 0 Å². The lowest BCUT2D eigenvalue weighted by Crippen LogP contribution is -2.43. The Morgan fingerprint density at radius 2 is 2.06 bits per heavy atom. The molecule has 0 spiro atoms. The van der Waals surface area contributed by atoms with Gasteiger partial charge in [-0.15, -0.1) is 0 Å². The van der Waals surface area contributed by atoms with Crippen LogP contribution in [0.5, 0.6) is 0 Å². The average molecular weight is 221 g/mol. The molecule has 2 heteroatoms. The van der Waals surface area contributed by atoms with E-state index in [0.29, 0.717) is 11.3 Å². The first-order chi connectivity index (χ1) is 7.60. The number of rotatable bonds is 2. The highest BCUT2D eigenvalue weighted by atomic mass is 19.1. The minimum atomic E-state index is -0.146. The third-order valence-electron chi connectivity index (χ3n) is 4.03. The van der Waals surface area contributed by atoms with Crippen LogP contribution in [0.1, 0.15) is 25.8 Å². The molecular formula is C14H20FN. The molecule has 88 valence electrons. The van der Waals surface area contributed by atoms with E-state index >= 15 is 0 Å². The molecule has 1 heterocycles. The highest BCUT2D eigenvalue weighted by molar-refractivity contribution is 5.18. The zero-order valence-corrected chi connectivity index (χ0v) is 10.1. The third kappa shape index (κ3) is 2.43. The molecule has 0 aromatic heterocycles. The molecule has 2 atom stereocenters. The summed E-state index contributed by atoms with van der Waals surface area (Å²) in [4.78, 5) is 0. The van der Waals surface area contributed by atoms with Crippen molar-refractivity contribution in [1.29, 1.82) is 0 Å². The van der Waals surface area contributed by atoms with E-state index in [-0.39, 0.29) is 5.82 Å². The van der Waals surface area contributed by atoms with Crippen molar-refractivity contribution in [2.45, 2.75) is 26.7 Å². The molecule has 0 bridgehead atoms. The molecule has 0 radical (unpaired) electrons. The molecule has 1 saturated heterocycles. The fraction of sp³-hybridized carbons (Fsp3) is 0.571. The van der Waals surface area contributed by atoms with Crippen molar-refractivity contribution in [2.24, 2.45) is 11.3 Å². The van der Waals surface area contributed by atoms with E-state index in [4.69, 9.17) is 0 Å². The Balaban J connectivity index is 2.10. The molecule has 1 aliphatic rings. The molecule has 0 saturated carbocycles. The molecule has 1 fully saturated rings. The van der Waals surface area contributed by atoms with E-state index in [1.54, 1.807) is 12.1 Å². The Kier molecular flexibility index (Phi) is 3.29. The Morgan fingerprint density at radius 1 is 1.38 bits per heavy atom. The summed E-state index contributed by atoms with van der Waals surface area (Å²) in [7, 11) is 0. The van der Waals surface area contributed by atoms with E-state index in [1.165, 1.54) is 12.0 Å². The van der Waals surface area contributed by atoms with Gasteiger partial charge in [-0.25, -0.2) is 4.39 Å². The summed E-state index contributed by atoms with van der Waals surface area (Å²) in [6.45, 7) is 6.84. The van der Waals surface area contributed by atoms with Crippen LogP contribution in [-0.2, 0) is 6.42 Å². The summed E-state index contributed by atoms with van der Waals surface area (Å²) in [5.41, 5.74) is 1.60. The van der Waals surface area contributed by atoms with Crippen molar-refractivity contribution < 1.29 is 4.39 Å². The molecule has 16 heavy (non-hydrogen) atoms. The Bertz CT molecular complexity index is 346. The van der Waals surface area contributed by atoms with Gasteiger partial charge in [-0.1, -0.05) is 26.0 Å². The van der Waals surface area contributed by atoms with Crippen LogP contribution in [0.2, 0.25) is 0 Å². The van der Waals surface area contributed by atoms with Crippen LogP contribution >= 0.6 is 0 Å². The van der Waals surface area contributed by atoms with Gasteiger partial charge in [-0.05, 0) is 55.0 Å². The van der Waals surface area contributed by atoms with Crippen LogP contribution < -0.4 is 5.32 Å². The largest absolute Gasteiger partial charge is 0.316 e. The number of piperidine rings is 1. The average Bonchev–Trinajstić information content (AvgIpc) is 2.26. The lowest BCUT2D eigenvalue weighted by molar-refractivity contribution is 0.144. The standard InChI is InChI=1S/C14H20FN/c1-11-10-16-8-7-14(11,2)9-12-3-5-13(15)6-4-12/h3-6,11,16H,7-10H2,1-2H3. The maximum absolute atomic E-state index is 12.8. The predicted octanol–water partition coefficient (Wildman–Crippen LogP) is 3.00. The van der Waals surface area contributed by atoms with Gasteiger partial charge in [0.05, 0.1) is 0 Å². The fourth-order valence-electron chi connectivity index (χ4n) is 2.52. The van der Waals surface area contributed by atoms with Gasteiger partial charge in [0.2, 0.25) is 0 Å². The van der Waals surface area contributed by atoms with Crippen molar-refractivity contribution >= 4 is 0 Å². The second-order valence-electron chi connectivity index (χ2n) is 5.31. The molecule has 1 N–H and O–H groups in total. The summed E-state index contributed by atoms with van der Waals surface area (Å²) >= 11 is 0. The topological polar surface area (TPSA) is 12.0 Å². The van der Waals surface area contributed by atoms with Gasteiger partial charge >= 0.3 is 0 Å². The molecular weight excluding hydrogens is 201 g/mol. The first kappa shape index (κ1) is 11.6. The number of halogens is 1. The van der Waals surface area contributed by atoms with E-state index in [9.17, 15) is 4.39 Å². The normalized spacial score (nSPS) is 30.3. The van der Waals surface area contributed by atoms with Crippen molar-refractivity contribution in [2.75, 3.05) is 13.1 Å². The lowest BCUT2D eigenvalue weighted by Gasteiger charge is -2.40. The fourth-order valence-corrected chi connectivity index (χ4v) is 2.52. The SMILES string of the molecule is CC1CNCCC1(C)Cc1ccc(F)cc1. The van der Waals surface area contributed by atoms with Gasteiger partial charge in [0.15, 0.2) is 0 Å². The van der Waals surface area contributed by atoms with Gasteiger partial charge in [-0.2, -0.15) is 0 Å². The molecule has 1 aromatic carbocycles. The molecule has 1 aromatic rings. The summed E-state index contributed by atoms with van der Waals surface area (Å²) < 4.78 is 12.8. The molecule has 1 aliphatic heterocycles.